The van der Waals surface area contributed by atoms with Gasteiger partial charge in [-0.3, -0.25) is 4.79 Å². The third-order valence-electron chi connectivity index (χ3n) is 4.21. The Labute approximate surface area is 132 Å². The summed E-state index contributed by atoms with van der Waals surface area (Å²) in [6, 6.07) is 7.83. The van der Waals surface area contributed by atoms with Gasteiger partial charge in [0.05, 0.1) is 6.10 Å². The Morgan fingerprint density at radius 2 is 2.14 bits per heavy atom. The molecule has 1 unspecified atom stereocenters. The average molecular weight is 313 g/mol. The van der Waals surface area contributed by atoms with E-state index in [-0.39, 0.29) is 30.9 Å². The van der Waals surface area contributed by atoms with E-state index in [9.17, 15) is 9.90 Å². The summed E-state index contributed by atoms with van der Waals surface area (Å²) in [6.07, 6.45) is 2.99. The number of hydrogen-bond donors (Lipinski definition) is 3. The highest BCUT2D eigenvalue weighted by molar-refractivity contribution is 5.85. The molecule has 3 atom stereocenters. The van der Waals surface area contributed by atoms with E-state index < -0.39 is 6.10 Å². The quantitative estimate of drug-likeness (QED) is 0.779. The molecule has 0 radical (unpaired) electrons. The highest BCUT2D eigenvalue weighted by Gasteiger charge is 2.26. The van der Waals surface area contributed by atoms with Crippen LogP contribution in [-0.2, 0) is 4.79 Å². The number of nitrogens with two attached hydrogens (primary N) is 1. The van der Waals surface area contributed by atoms with Gasteiger partial charge in [-0.1, -0.05) is 30.7 Å². The Kier molecular flexibility index (Phi) is 7.15. The normalized spacial score (nSPS) is 22.4. The minimum atomic E-state index is -0.655. The molecule has 0 aliphatic heterocycles. The van der Waals surface area contributed by atoms with Gasteiger partial charge in [-0.2, -0.15) is 0 Å². The van der Waals surface area contributed by atoms with Gasteiger partial charge in [-0.05, 0) is 36.8 Å². The maximum atomic E-state index is 11.9. The standard InChI is InChI=1S/C16H24N2O2.ClH/c1-11-5-2-3-7-13(11)15(19)10-18-16(20)9-12-6-4-8-14(12)17;/h2-3,5,7,12,14-15,19H,4,6,8-10,17H2,1H3,(H,18,20);1H/t12-,14+,15?;/m0./s1. The van der Waals surface area contributed by atoms with Crippen LogP contribution >= 0.6 is 12.4 Å². The lowest BCUT2D eigenvalue weighted by Crippen LogP contribution is -2.33. The third-order valence-corrected chi connectivity index (χ3v) is 4.21. The zero-order valence-electron chi connectivity index (χ0n) is 12.4. The molecule has 0 heterocycles. The van der Waals surface area contributed by atoms with E-state index in [0.29, 0.717) is 12.3 Å². The summed E-state index contributed by atoms with van der Waals surface area (Å²) in [5.74, 6) is 0.283. The number of aliphatic hydroxyl groups is 1. The van der Waals surface area contributed by atoms with Crippen molar-refractivity contribution in [2.24, 2.45) is 11.7 Å². The number of rotatable bonds is 5. The van der Waals surface area contributed by atoms with Crippen LogP contribution in [0, 0.1) is 12.8 Å². The molecule has 1 aromatic carbocycles. The summed E-state index contributed by atoms with van der Waals surface area (Å²) in [6.45, 7) is 2.21. The molecule has 0 saturated heterocycles. The summed E-state index contributed by atoms with van der Waals surface area (Å²) in [4.78, 5) is 11.9. The number of nitrogens with one attached hydrogen (secondary N) is 1. The van der Waals surface area contributed by atoms with Crippen molar-refractivity contribution in [2.75, 3.05) is 6.54 Å². The number of carbonyl (C=O) groups excluding carboxylic acids is 1. The highest BCUT2D eigenvalue weighted by atomic mass is 35.5. The molecule has 2 rings (SSSR count). The fourth-order valence-electron chi connectivity index (χ4n) is 2.91. The molecule has 1 amide bonds. The molecule has 5 heteroatoms. The van der Waals surface area contributed by atoms with Crippen molar-refractivity contribution in [2.45, 2.75) is 44.8 Å². The zero-order valence-corrected chi connectivity index (χ0v) is 13.2. The fourth-order valence-corrected chi connectivity index (χ4v) is 2.91. The molecule has 1 aliphatic carbocycles. The van der Waals surface area contributed by atoms with Gasteiger partial charge in [0, 0.05) is 19.0 Å². The van der Waals surface area contributed by atoms with Crippen molar-refractivity contribution in [1.29, 1.82) is 0 Å². The molecule has 0 bridgehead atoms. The van der Waals surface area contributed by atoms with Crippen LogP contribution in [0.15, 0.2) is 24.3 Å². The molecule has 1 aliphatic rings. The van der Waals surface area contributed by atoms with Crippen molar-refractivity contribution < 1.29 is 9.90 Å². The van der Waals surface area contributed by atoms with E-state index in [4.69, 9.17) is 5.73 Å². The Bertz CT molecular complexity index is 467. The summed E-state index contributed by atoms with van der Waals surface area (Å²) < 4.78 is 0. The fraction of sp³-hybridized carbons (Fsp3) is 0.562. The number of aryl methyl sites for hydroxylation is 1. The van der Waals surface area contributed by atoms with Gasteiger partial charge in [0.1, 0.15) is 0 Å². The zero-order chi connectivity index (χ0) is 14.5. The molecular weight excluding hydrogens is 288 g/mol. The van der Waals surface area contributed by atoms with E-state index in [1.165, 1.54) is 0 Å². The van der Waals surface area contributed by atoms with Gasteiger partial charge in [0.25, 0.3) is 0 Å². The van der Waals surface area contributed by atoms with Crippen molar-refractivity contribution >= 4 is 18.3 Å². The van der Waals surface area contributed by atoms with Crippen molar-refractivity contribution in [3.63, 3.8) is 0 Å². The summed E-state index contributed by atoms with van der Waals surface area (Å²) in [5.41, 5.74) is 7.87. The molecule has 0 aromatic heterocycles. The molecule has 1 saturated carbocycles. The van der Waals surface area contributed by atoms with Crippen molar-refractivity contribution in [3.8, 4) is 0 Å². The van der Waals surface area contributed by atoms with E-state index in [2.05, 4.69) is 5.32 Å². The monoisotopic (exact) mass is 312 g/mol. The first kappa shape index (κ1) is 18.0. The largest absolute Gasteiger partial charge is 0.387 e. The summed E-state index contributed by atoms with van der Waals surface area (Å²) in [5, 5.41) is 12.9. The van der Waals surface area contributed by atoms with Gasteiger partial charge in [0.2, 0.25) is 5.91 Å². The number of aliphatic hydroxyl groups excluding tert-OH is 1. The van der Waals surface area contributed by atoms with Crippen LogP contribution in [0.4, 0.5) is 0 Å². The lowest BCUT2D eigenvalue weighted by atomic mass is 9.99. The Balaban J connectivity index is 0.00000220. The molecule has 0 spiro atoms. The maximum absolute atomic E-state index is 11.9. The SMILES string of the molecule is Cc1ccccc1C(O)CNC(=O)C[C@@H]1CCC[C@H]1N.Cl. The third kappa shape index (κ3) is 4.99. The molecule has 1 aromatic rings. The molecular formula is C16H25ClN2O2. The van der Waals surface area contributed by atoms with E-state index in [1.807, 2.05) is 31.2 Å². The Hall–Kier alpha value is -1.10. The van der Waals surface area contributed by atoms with Crippen LogP contribution in [-0.4, -0.2) is 23.6 Å². The Morgan fingerprint density at radius 1 is 1.43 bits per heavy atom. The predicted octanol–water partition coefficient (Wildman–Crippen LogP) is 2.08. The minimum absolute atomic E-state index is 0. The molecule has 4 nitrogen and oxygen atoms in total. The number of carbonyl (C=O) groups is 1. The first-order chi connectivity index (χ1) is 9.58. The van der Waals surface area contributed by atoms with E-state index >= 15 is 0 Å². The van der Waals surface area contributed by atoms with Crippen LogP contribution < -0.4 is 11.1 Å². The highest BCUT2D eigenvalue weighted by Crippen LogP contribution is 2.26. The first-order valence-corrected chi connectivity index (χ1v) is 7.34. The van der Waals surface area contributed by atoms with Crippen LogP contribution in [0.25, 0.3) is 0 Å². The van der Waals surface area contributed by atoms with Gasteiger partial charge in [-0.15, -0.1) is 12.4 Å². The van der Waals surface area contributed by atoms with Crippen LogP contribution in [0.3, 0.4) is 0 Å². The van der Waals surface area contributed by atoms with Crippen molar-refractivity contribution in [3.05, 3.63) is 35.4 Å². The van der Waals surface area contributed by atoms with Crippen LogP contribution in [0.5, 0.6) is 0 Å². The van der Waals surface area contributed by atoms with Gasteiger partial charge < -0.3 is 16.2 Å². The summed E-state index contributed by atoms with van der Waals surface area (Å²) in [7, 11) is 0. The number of benzene rings is 1. The Morgan fingerprint density at radius 3 is 2.76 bits per heavy atom. The van der Waals surface area contributed by atoms with Gasteiger partial charge >= 0.3 is 0 Å². The van der Waals surface area contributed by atoms with Crippen LogP contribution in [0.2, 0.25) is 0 Å². The maximum Gasteiger partial charge on any atom is 0.220 e. The second-order valence-corrected chi connectivity index (χ2v) is 5.74. The van der Waals surface area contributed by atoms with Gasteiger partial charge in [-0.25, -0.2) is 0 Å². The predicted molar refractivity (Wildman–Crippen MR) is 86.3 cm³/mol. The van der Waals surface area contributed by atoms with Crippen molar-refractivity contribution in [1.82, 2.24) is 5.32 Å². The molecule has 4 N–H and O–H groups in total. The van der Waals surface area contributed by atoms with E-state index in [0.717, 1.165) is 30.4 Å². The number of hydrogen-bond acceptors (Lipinski definition) is 3. The first-order valence-electron chi connectivity index (χ1n) is 7.34. The van der Waals surface area contributed by atoms with Gasteiger partial charge in [0.15, 0.2) is 0 Å². The lowest BCUT2D eigenvalue weighted by Gasteiger charge is -2.17. The molecule has 118 valence electrons. The smallest absolute Gasteiger partial charge is 0.220 e. The second-order valence-electron chi connectivity index (χ2n) is 5.74. The molecule has 1 fully saturated rings. The topological polar surface area (TPSA) is 75.3 Å². The minimum Gasteiger partial charge on any atom is -0.387 e. The second kappa shape index (κ2) is 8.37. The van der Waals surface area contributed by atoms with E-state index in [1.54, 1.807) is 0 Å². The number of halogens is 1. The average Bonchev–Trinajstić information content (AvgIpc) is 2.82. The van der Waals surface area contributed by atoms with Crippen LogP contribution in [0.1, 0.15) is 42.9 Å². The molecule has 21 heavy (non-hydrogen) atoms. The summed E-state index contributed by atoms with van der Waals surface area (Å²) >= 11 is 0. The number of amides is 1. The lowest BCUT2D eigenvalue weighted by molar-refractivity contribution is -0.122.